The number of anilines is 1. The highest BCUT2D eigenvalue weighted by atomic mass is 32.2. The number of rotatable bonds is 6. The fourth-order valence-corrected chi connectivity index (χ4v) is 3.83. The van der Waals surface area contributed by atoms with Gasteiger partial charge in [0.05, 0.1) is 10.6 Å². The van der Waals surface area contributed by atoms with Crippen molar-refractivity contribution >= 4 is 21.9 Å². The Hall–Kier alpha value is -3.12. The van der Waals surface area contributed by atoms with Crippen LogP contribution in [0.25, 0.3) is 0 Å². The summed E-state index contributed by atoms with van der Waals surface area (Å²) in [5, 5.41) is 12.1. The Balaban J connectivity index is 1.77. The Morgan fingerprint density at radius 2 is 1.44 bits per heavy atom. The van der Waals surface area contributed by atoms with Crippen molar-refractivity contribution in [2.75, 3.05) is 11.4 Å². The highest BCUT2D eigenvalue weighted by molar-refractivity contribution is 7.92. The van der Waals surface area contributed by atoms with Gasteiger partial charge in [0.2, 0.25) is 0 Å². The van der Waals surface area contributed by atoms with Crippen molar-refractivity contribution in [2.45, 2.75) is 11.4 Å². The van der Waals surface area contributed by atoms with Crippen molar-refractivity contribution in [2.24, 2.45) is 0 Å². The molecule has 27 heavy (non-hydrogen) atoms. The maximum absolute atomic E-state index is 12.8. The zero-order valence-corrected chi connectivity index (χ0v) is 15.7. The van der Waals surface area contributed by atoms with Gasteiger partial charge in [0.25, 0.3) is 10.0 Å². The molecule has 0 saturated heterocycles. The number of sulfonamides is 1. The topological polar surface area (TPSA) is 63.5 Å². The fourth-order valence-electron chi connectivity index (χ4n) is 2.64. The van der Waals surface area contributed by atoms with E-state index in [4.69, 9.17) is 0 Å². The zero-order valence-electron chi connectivity index (χ0n) is 14.9. The van der Waals surface area contributed by atoms with E-state index in [1.807, 2.05) is 36.4 Å². The van der Waals surface area contributed by atoms with Crippen molar-refractivity contribution in [3.63, 3.8) is 0 Å². The molecule has 0 unspecified atom stereocenters. The average molecular weight is 380 g/mol. The standard InChI is InChI=1S/C21H20N2O3S/c1-22(20-10-6-3-7-11-20)27(25,26)21-14-12-19(13-15-21)17-23(24)16-18-8-4-2-5-9-18/h2-15,17H,16H2,1H3/b23-17-. The van der Waals surface area contributed by atoms with Crippen molar-refractivity contribution in [1.29, 1.82) is 0 Å². The predicted molar refractivity (Wildman–Crippen MR) is 107 cm³/mol. The zero-order chi connectivity index (χ0) is 19.3. The first-order valence-electron chi connectivity index (χ1n) is 8.43. The highest BCUT2D eigenvalue weighted by Gasteiger charge is 2.20. The van der Waals surface area contributed by atoms with E-state index in [0.29, 0.717) is 11.3 Å². The number of hydrogen-bond donors (Lipinski definition) is 0. The molecule has 0 heterocycles. The molecular formula is C21H20N2O3S. The van der Waals surface area contributed by atoms with Gasteiger partial charge in [0, 0.05) is 18.2 Å². The summed E-state index contributed by atoms with van der Waals surface area (Å²) in [7, 11) is -2.14. The molecule has 5 nitrogen and oxygen atoms in total. The molecule has 0 radical (unpaired) electrons. The number of benzene rings is 3. The van der Waals surface area contributed by atoms with E-state index in [1.165, 1.54) is 29.7 Å². The molecule has 3 rings (SSSR count). The molecule has 0 bridgehead atoms. The van der Waals surface area contributed by atoms with E-state index in [-0.39, 0.29) is 11.4 Å². The quantitative estimate of drug-likeness (QED) is 0.284. The lowest BCUT2D eigenvalue weighted by Crippen LogP contribution is -2.26. The second-order valence-corrected chi connectivity index (χ2v) is 8.04. The molecule has 0 aliphatic rings. The molecule has 0 spiro atoms. The lowest BCUT2D eigenvalue weighted by molar-refractivity contribution is -0.469. The summed E-state index contributed by atoms with van der Waals surface area (Å²) in [4.78, 5) is 0.173. The largest absolute Gasteiger partial charge is 0.624 e. The second-order valence-electron chi connectivity index (χ2n) is 6.07. The third kappa shape index (κ3) is 4.54. The number of nitrogens with zero attached hydrogens (tertiary/aromatic N) is 2. The van der Waals surface area contributed by atoms with Gasteiger partial charge in [-0.25, -0.2) is 13.2 Å². The molecular weight excluding hydrogens is 360 g/mol. The molecule has 0 saturated carbocycles. The summed E-state index contributed by atoms with van der Waals surface area (Å²) in [6.45, 7) is 0.234. The minimum Gasteiger partial charge on any atom is -0.624 e. The molecule has 0 amide bonds. The van der Waals surface area contributed by atoms with Gasteiger partial charge in [0.1, 0.15) is 0 Å². The summed E-state index contributed by atoms with van der Waals surface area (Å²) in [6, 6.07) is 24.6. The molecule has 0 aromatic heterocycles. The van der Waals surface area contributed by atoms with Crippen molar-refractivity contribution in [3.8, 4) is 0 Å². The van der Waals surface area contributed by atoms with E-state index in [9.17, 15) is 13.6 Å². The summed E-state index contributed by atoms with van der Waals surface area (Å²) < 4.78 is 27.6. The minimum absolute atomic E-state index is 0.173. The van der Waals surface area contributed by atoms with E-state index in [1.54, 1.807) is 36.4 Å². The van der Waals surface area contributed by atoms with Gasteiger partial charge >= 0.3 is 0 Å². The van der Waals surface area contributed by atoms with Crippen LogP contribution in [0.4, 0.5) is 5.69 Å². The Bertz CT molecular complexity index is 1020. The van der Waals surface area contributed by atoms with Gasteiger partial charge in [-0.05, 0) is 36.4 Å². The molecule has 6 heteroatoms. The van der Waals surface area contributed by atoms with Crippen LogP contribution in [-0.4, -0.2) is 26.4 Å². The first kappa shape index (κ1) is 18.7. The van der Waals surface area contributed by atoms with Crippen molar-refractivity contribution < 1.29 is 13.2 Å². The monoisotopic (exact) mass is 380 g/mol. The summed E-state index contributed by atoms with van der Waals surface area (Å²) in [6.07, 6.45) is 1.45. The van der Waals surface area contributed by atoms with Crippen LogP contribution < -0.4 is 4.31 Å². The first-order chi connectivity index (χ1) is 13.0. The van der Waals surface area contributed by atoms with Crippen molar-refractivity contribution in [1.82, 2.24) is 0 Å². The van der Waals surface area contributed by atoms with Crippen LogP contribution in [-0.2, 0) is 16.6 Å². The third-order valence-corrected chi connectivity index (χ3v) is 5.93. The lowest BCUT2D eigenvalue weighted by Gasteiger charge is -2.19. The van der Waals surface area contributed by atoms with Crippen LogP contribution in [0.3, 0.4) is 0 Å². The predicted octanol–water partition coefficient (Wildman–Crippen LogP) is 3.64. The van der Waals surface area contributed by atoms with E-state index < -0.39 is 10.0 Å². The molecule has 0 aliphatic carbocycles. The van der Waals surface area contributed by atoms with Gasteiger partial charge in [-0.2, -0.15) is 0 Å². The van der Waals surface area contributed by atoms with Crippen LogP contribution in [0, 0.1) is 5.21 Å². The molecule has 138 valence electrons. The molecule has 3 aromatic rings. The van der Waals surface area contributed by atoms with Crippen LogP contribution in [0.5, 0.6) is 0 Å². The Morgan fingerprint density at radius 3 is 2.04 bits per heavy atom. The van der Waals surface area contributed by atoms with Crippen LogP contribution >= 0.6 is 0 Å². The van der Waals surface area contributed by atoms with Crippen LogP contribution in [0.15, 0.2) is 89.8 Å². The van der Waals surface area contributed by atoms with Crippen LogP contribution in [0.1, 0.15) is 11.1 Å². The third-order valence-electron chi connectivity index (χ3n) is 4.13. The summed E-state index contributed by atoms with van der Waals surface area (Å²) in [5.74, 6) is 0. The lowest BCUT2D eigenvalue weighted by atomic mass is 10.2. The molecule has 3 aromatic carbocycles. The Morgan fingerprint density at radius 1 is 0.889 bits per heavy atom. The maximum atomic E-state index is 12.8. The van der Waals surface area contributed by atoms with E-state index >= 15 is 0 Å². The normalized spacial score (nSPS) is 12.0. The van der Waals surface area contributed by atoms with E-state index in [2.05, 4.69) is 0 Å². The van der Waals surface area contributed by atoms with Gasteiger partial charge in [-0.3, -0.25) is 4.31 Å². The first-order valence-corrected chi connectivity index (χ1v) is 9.87. The average Bonchev–Trinajstić information content (AvgIpc) is 2.69. The molecule has 0 atom stereocenters. The molecule has 0 fully saturated rings. The fraction of sp³-hybridized carbons (Fsp3) is 0.0952. The number of hydrogen-bond acceptors (Lipinski definition) is 3. The Labute approximate surface area is 159 Å². The van der Waals surface area contributed by atoms with Crippen molar-refractivity contribution in [3.05, 3.63) is 101 Å². The minimum atomic E-state index is -3.66. The van der Waals surface area contributed by atoms with Gasteiger partial charge in [-0.15, -0.1) is 0 Å². The maximum Gasteiger partial charge on any atom is 0.264 e. The SMILES string of the molecule is CN(c1ccccc1)S(=O)(=O)c1ccc(/C=[N+](\[O-])Cc2ccccc2)cc1. The second kappa shape index (κ2) is 8.05. The van der Waals surface area contributed by atoms with Gasteiger partial charge in [0.15, 0.2) is 12.8 Å². The van der Waals surface area contributed by atoms with Gasteiger partial charge in [-0.1, -0.05) is 48.5 Å². The number of hydroxylamine groups is 1. The molecule has 0 N–H and O–H groups in total. The summed E-state index contributed by atoms with van der Waals surface area (Å²) in [5.41, 5.74) is 2.14. The Kier molecular flexibility index (Phi) is 5.57. The van der Waals surface area contributed by atoms with E-state index in [0.717, 1.165) is 10.3 Å². The smallest absolute Gasteiger partial charge is 0.264 e. The number of para-hydroxylation sites is 1. The molecule has 0 aliphatic heterocycles. The van der Waals surface area contributed by atoms with Crippen LogP contribution in [0.2, 0.25) is 0 Å². The van der Waals surface area contributed by atoms with Gasteiger partial charge < -0.3 is 5.21 Å². The highest BCUT2D eigenvalue weighted by Crippen LogP contribution is 2.21. The summed E-state index contributed by atoms with van der Waals surface area (Å²) >= 11 is 0.